The highest BCUT2D eigenvalue weighted by atomic mass is 16.6. The van der Waals surface area contributed by atoms with Crippen molar-refractivity contribution in [2.45, 2.75) is 32.5 Å². The van der Waals surface area contributed by atoms with Gasteiger partial charge in [0.15, 0.2) is 0 Å². The van der Waals surface area contributed by atoms with E-state index in [4.69, 9.17) is 4.74 Å². The van der Waals surface area contributed by atoms with Crippen LogP contribution in [0.2, 0.25) is 0 Å². The fourth-order valence-electron chi connectivity index (χ4n) is 2.25. The Morgan fingerprint density at radius 1 is 1.31 bits per heavy atom. The molecule has 1 aromatic carbocycles. The Balaban J connectivity index is 2.30. The second-order valence-corrected chi connectivity index (χ2v) is 4.66. The topological polar surface area (TPSA) is 32.3 Å². The van der Waals surface area contributed by atoms with Crippen molar-refractivity contribution in [2.24, 2.45) is 0 Å². The Morgan fingerprint density at radius 2 is 2.00 bits per heavy atom. The SMILES string of the molecule is CC(C)[N+]1([O-])CCCOC1c1ccccc1. The van der Waals surface area contributed by atoms with Crippen LogP contribution in [0.3, 0.4) is 0 Å². The van der Waals surface area contributed by atoms with E-state index < -0.39 is 0 Å². The lowest BCUT2D eigenvalue weighted by Crippen LogP contribution is -2.54. The molecule has 1 aliphatic rings. The van der Waals surface area contributed by atoms with Gasteiger partial charge in [-0.05, 0) is 13.8 Å². The minimum Gasteiger partial charge on any atom is -0.630 e. The highest BCUT2D eigenvalue weighted by Crippen LogP contribution is 2.35. The lowest BCUT2D eigenvalue weighted by molar-refractivity contribution is -0.961. The van der Waals surface area contributed by atoms with Gasteiger partial charge in [-0.1, -0.05) is 30.3 Å². The van der Waals surface area contributed by atoms with Gasteiger partial charge in [0.25, 0.3) is 0 Å². The van der Waals surface area contributed by atoms with E-state index >= 15 is 0 Å². The first kappa shape index (κ1) is 11.6. The van der Waals surface area contributed by atoms with Gasteiger partial charge in [-0.15, -0.1) is 0 Å². The molecule has 0 aromatic heterocycles. The number of quaternary nitrogens is 1. The Kier molecular flexibility index (Phi) is 3.28. The summed E-state index contributed by atoms with van der Waals surface area (Å²) < 4.78 is 5.44. The van der Waals surface area contributed by atoms with Crippen molar-refractivity contribution in [2.75, 3.05) is 13.2 Å². The molecule has 1 aliphatic heterocycles. The van der Waals surface area contributed by atoms with Crippen LogP contribution < -0.4 is 0 Å². The third-order valence-electron chi connectivity index (χ3n) is 3.28. The van der Waals surface area contributed by atoms with Crippen LogP contribution in [-0.4, -0.2) is 23.8 Å². The molecule has 0 spiro atoms. The smallest absolute Gasteiger partial charge is 0.220 e. The maximum atomic E-state index is 12.8. The molecule has 0 saturated carbocycles. The van der Waals surface area contributed by atoms with E-state index in [-0.39, 0.29) is 16.9 Å². The van der Waals surface area contributed by atoms with Crippen molar-refractivity contribution in [3.8, 4) is 0 Å². The molecule has 0 amide bonds. The van der Waals surface area contributed by atoms with E-state index in [1.807, 2.05) is 44.2 Å². The maximum absolute atomic E-state index is 12.8. The van der Waals surface area contributed by atoms with Crippen molar-refractivity contribution in [3.63, 3.8) is 0 Å². The first-order valence-corrected chi connectivity index (χ1v) is 5.89. The number of rotatable bonds is 2. The predicted molar refractivity (Wildman–Crippen MR) is 63.4 cm³/mol. The van der Waals surface area contributed by atoms with Gasteiger partial charge in [0, 0.05) is 12.0 Å². The molecule has 0 bridgehead atoms. The zero-order chi connectivity index (χ0) is 11.6. The summed E-state index contributed by atoms with van der Waals surface area (Å²) in [5, 5.41) is 12.8. The van der Waals surface area contributed by atoms with E-state index in [0.717, 1.165) is 12.0 Å². The minimum absolute atomic E-state index is 0.0329. The standard InChI is InChI=1S/C13H19NO2/c1-11(2)14(15)9-6-10-16-13(14)12-7-4-3-5-8-12/h3-5,7-8,11,13H,6,9-10H2,1-2H3. The number of hydrogen-bond donors (Lipinski definition) is 0. The lowest BCUT2D eigenvalue weighted by Gasteiger charge is -2.53. The van der Waals surface area contributed by atoms with Crippen LogP contribution in [0.1, 0.15) is 32.1 Å². The van der Waals surface area contributed by atoms with Gasteiger partial charge in [0.2, 0.25) is 6.23 Å². The average molecular weight is 221 g/mol. The van der Waals surface area contributed by atoms with Crippen LogP contribution in [0, 0.1) is 5.21 Å². The first-order valence-electron chi connectivity index (χ1n) is 5.89. The summed E-state index contributed by atoms with van der Waals surface area (Å²) in [4.78, 5) is 0. The largest absolute Gasteiger partial charge is 0.630 e. The van der Waals surface area contributed by atoms with Crippen molar-refractivity contribution < 1.29 is 9.38 Å². The fraction of sp³-hybridized carbons (Fsp3) is 0.538. The quantitative estimate of drug-likeness (QED) is 0.568. The number of benzene rings is 1. The highest BCUT2D eigenvalue weighted by Gasteiger charge is 2.36. The molecular formula is C13H19NO2. The average Bonchev–Trinajstić information content (AvgIpc) is 2.30. The zero-order valence-electron chi connectivity index (χ0n) is 9.93. The van der Waals surface area contributed by atoms with Gasteiger partial charge >= 0.3 is 0 Å². The molecule has 0 radical (unpaired) electrons. The van der Waals surface area contributed by atoms with E-state index in [2.05, 4.69) is 0 Å². The monoisotopic (exact) mass is 221 g/mol. The molecular weight excluding hydrogens is 202 g/mol. The molecule has 2 atom stereocenters. The van der Waals surface area contributed by atoms with E-state index in [0.29, 0.717) is 13.2 Å². The van der Waals surface area contributed by atoms with Gasteiger partial charge < -0.3 is 14.6 Å². The molecule has 1 saturated heterocycles. The van der Waals surface area contributed by atoms with Gasteiger partial charge in [0.1, 0.15) is 0 Å². The van der Waals surface area contributed by atoms with Crippen LogP contribution in [0.25, 0.3) is 0 Å². The molecule has 16 heavy (non-hydrogen) atoms. The number of ether oxygens (including phenoxy) is 1. The van der Waals surface area contributed by atoms with Crippen molar-refractivity contribution >= 4 is 0 Å². The van der Waals surface area contributed by atoms with Crippen LogP contribution in [0.15, 0.2) is 30.3 Å². The summed E-state index contributed by atoms with van der Waals surface area (Å²) in [6.07, 6.45) is 0.500. The lowest BCUT2D eigenvalue weighted by atomic mass is 10.1. The molecule has 1 aromatic rings. The number of hydrogen-bond acceptors (Lipinski definition) is 2. The maximum Gasteiger partial charge on any atom is 0.220 e. The van der Waals surface area contributed by atoms with Gasteiger partial charge in [-0.3, -0.25) is 0 Å². The summed E-state index contributed by atoms with van der Waals surface area (Å²) in [5.74, 6) is 0. The molecule has 88 valence electrons. The van der Waals surface area contributed by atoms with Crippen molar-refractivity contribution in [1.82, 2.24) is 0 Å². The Hall–Kier alpha value is -0.900. The van der Waals surface area contributed by atoms with Crippen molar-refractivity contribution in [1.29, 1.82) is 0 Å². The van der Waals surface area contributed by atoms with Gasteiger partial charge in [0.05, 0.1) is 19.2 Å². The van der Waals surface area contributed by atoms with E-state index in [9.17, 15) is 5.21 Å². The van der Waals surface area contributed by atoms with Crippen LogP contribution in [0.5, 0.6) is 0 Å². The zero-order valence-corrected chi connectivity index (χ0v) is 9.93. The molecule has 2 unspecified atom stereocenters. The Bertz CT molecular complexity index is 339. The first-order chi connectivity index (χ1) is 7.64. The third kappa shape index (κ3) is 1.98. The summed E-state index contributed by atoms with van der Waals surface area (Å²) in [6, 6.07) is 9.86. The second-order valence-electron chi connectivity index (χ2n) is 4.66. The molecule has 1 heterocycles. The number of nitrogens with zero attached hydrogens (tertiary/aromatic N) is 1. The predicted octanol–water partition coefficient (Wildman–Crippen LogP) is 2.83. The second kappa shape index (κ2) is 4.53. The molecule has 0 aliphatic carbocycles. The third-order valence-corrected chi connectivity index (χ3v) is 3.28. The summed E-state index contributed by atoms with van der Waals surface area (Å²) >= 11 is 0. The number of hydroxylamine groups is 3. The fourth-order valence-corrected chi connectivity index (χ4v) is 2.25. The highest BCUT2D eigenvalue weighted by molar-refractivity contribution is 5.16. The van der Waals surface area contributed by atoms with Crippen LogP contribution in [-0.2, 0) is 4.74 Å². The summed E-state index contributed by atoms with van der Waals surface area (Å²) in [6.45, 7) is 5.28. The summed E-state index contributed by atoms with van der Waals surface area (Å²) in [7, 11) is 0. The minimum atomic E-state index is -0.352. The van der Waals surface area contributed by atoms with Gasteiger partial charge in [-0.2, -0.15) is 0 Å². The van der Waals surface area contributed by atoms with Gasteiger partial charge in [-0.25, -0.2) is 0 Å². The Labute approximate surface area is 96.8 Å². The van der Waals surface area contributed by atoms with E-state index in [1.54, 1.807) is 0 Å². The molecule has 2 rings (SSSR count). The van der Waals surface area contributed by atoms with Crippen LogP contribution >= 0.6 is 0 Å². The summed E-state index contributed by atoms with van der Waals surface area (Å²) in [5.41, 5.74) is 0.992. The molecule has 1 fully saturated rings. The Morgan fingerprint density at radius 3 is 2.62 bits per heavy atom. The normalized spacial score (nSPS) is 30.6. The molecule has 3 heteroatoms. The molecule has 3 nitrogen and oxygen atoms in total. The van der Waals surface area contributed by atoms with E-state index in [1.165, 1.54) is 0 Å². The molecule has 0 N–H and O–H groups in total. The van der Waals surface area contributed by atoms with Crippen LogP contribution in [0.4, 0.5) is 0 Å². The van der Waals surface area contributed by atoms with Crippen molar-refractivity contribution in [3.05, 3.63) is 41.1 Å².